The van der Waals surface area contributed by atoms with Gasteiger partial charge in [0.25, 0.3) is 0 Å². The molecule has 1 rings (SSSR count). The third-order valence-electron chi connectivity index (χ3n) is 4.06. The van der Waals surface area contributed by atoms with Crippen molar-refractivity contribution in [3.63, 3.8) is 0 Å². The predicted octanol–water partition coefficient (Wildman–Crippen LogP) is 4.14. The highest BCUT2D eigenvalue weighted by molar-refractivity contribution is 4.79. The molecule has 2 unspecified atom stereocenters. The van der Waals surface area contributed by atoms with E-state index < -0.39 is 0 Å². The Bertz CT molecular complexity index is 184. The number of rotatable bonds is 10. The van der Waals surface area contributed by atoms with Gasteiger partial charge >= 0.3 is 0 Å². The van der Waals surface area contributed by atoms with Crippen molar-refractivity contribution in [3.05, 3.63) is 0 Å². The third kappa shape index (κ3) is 6.75. The van der Waals surface area contributed by atoms with E-state index in [1.807, 2.05) is 0 Å². The molecule has 0 bridgehead atoms. The van der Waals surface area contributed by atoms with Crippen LogP contribution in [0.4, 0.5) is 0 Å². The number of hydrogen-bond acceptors (Lipinski definition) is 2. The lowest BCUT2D eigenvalue weighted by atomic mass is 9.90. The highest BCUT2D eigenvalue weighted by Crippen LogP contribution is 2.21. The molecule has 0 saturated carbocycles. The van der Waals surface area contributed by atoms with E-state index in [4.69, 9.17) is 4.74 Å². The molecular formula is C16H33NO. The lowest BCUT2D eigenvalue weighted by Gasteiger charge is -2.32. The van der Waals surface area contributed by atoms with Gasteiger partial charge < -0.3 is 10.1 Å². The fraction of sp³-hybridized carbons (Fsp3) is 1.00. The van der Waals surface area contributed by atoms with Crippen molar-refractivity contribution < 1.29 is 4.74 Å². The molecule has 0 radical (unpaired) electrons. The van der Waals surface area contributed by atoms with Crippen LogP contribution in [0, 0.1) is 5.92 Å². The first-order chi connectivity index (χ1) is 8.88. The van der Waals surface area contributed by atoms with E-state index in [1.54, 1.807) is 0 Å². The Labute approximate surface area is 114 Å². The van der Waals surface area contributed by atoms with Crippen LogP contribution in [-0.4, -0.2) is 25.8 Å². The minimum atomic E-state index is 0.717. The molecule has 1 saturated heterocycles. The van der Waals surface area contributed by atoms with Gasteiger partial charge in [-0.1, -0.05) is 52.4 Å². The van der Waals surface area contributed by atoms with E-state index >= 15 is 0 Å². The summed E-state index contributed by atoms with van der Waals surface area (Å²) in [5.41, 5.74) is 0. The SMILES string of the molecule is CCCCCCCCC1COCCC1NCCC. The van der Waals surface area contributed by atoms with Crippen LogP contribution in [0.1, 0.15) is 71.6 Å². The Balaban J connectivity index is 2.09. The second-order valence-corrected chi connectivity index (χ2v) is 5.74. The van der Waals surface area contributed by atoms with Crippen LogP contribution in [0.2, 0.25) is 0 Å². The Morgan fingerprint density at radius 1 is 1.00 bits per heavy atom. The van der Waals surface area contributed by atoms with Crippen LogP contribution in [0.5, 0.6) is 0 Å². The highest BCUT2D eigenvalue weighted by Gasteiger charge is 2.24. The smallest absolute Gasteiger partial charge is 0.0509 e. The lowest BCUT2D eigenvalue weighted by Crippen LogP contribution is -2.43. The standard InChI is InChI=1S/C16H33NO/c1-3-5-6-7-8-9-10-15-14-18-13-11-16(15)17-12-4-2/h15-17H,3-14H2,1-2H3. The molecule has 1 aliphatic heterocycles. The summed E-state index contributed by atoms with van der Waals surface area (Å²) in [5, 5.41) is 3.70. The van der Waals surface area contributed by atoms with Gasteiger partial charge in [-0.05, 0) is 31.7 Å². The molecule has 1 heterocycles. The van der Waals surface area contributed by atoms with Gasteiger partial charge in [-0.25, -0.2) is 0 Å². The summed E-state index contributed by atoms with van der Waals surface area (Å²) in [6, 6.07) is 0.717. The zero-order valence-corrected chi connectivity index (χ0v) is 12.5. The quantitative estimate of drug-likeness (QED) is 0.592. The highest BCUT2D eigenvalue weighted by atomic mass is 16.5. The molecule has 1 N–H and O–H groups in total. The Morgan fingerprint density at radius 3 is 2.56 bits per heavy atom. The summed E-state index contributed by atoms with van der Waals surface area (Å²) in [5.74, 6) is 0.761. The van der Waals surface area contributed by atoms with E-state index in [1.165, 1.54) is 57.8 Å². The van der Waals surface area contributed by atoms with Crippen LogP contribution in [0.3, 0.4) is 0 Å². The first-order valence-corrected chi connectivity index (χ1v) is 8.19. The molecule has 0 aromatic carbocycles. The minimum Gasteiger partial charge on any atom is -0.381 e. The minimum absolute atomic E-state index is 0.717. The lowest BCUT2D eigenvalue weighted by molar-refractivity contribution is 0.0278. The van der Waals surface area contributed by atoms with Crippen molar-refractivity contribution in [2.24, 2.45) is 5.92 Å². The van der Waals surface area contributed by atoms with Crippen LogP contribution < -0.4 is 5.32 Å². The molecule has 0 aromatic rings. The average molecular weight is 255 g/mol. The molecule has 1 aliphatic rings. The van der Waals surface area contributed by atoms with Gasteiger partial charge in [0.2, 0.25) is 0 Å². The van der Waals surface area contributed by atoms with Crippen molar-refractivity contribution in [2.45, 2.75) is 77.7 Å². The van der Waals surface area contributed by atoms with E-state index in [0.29, 0.717) is 6.04 Å². The molecule has 18 heavy (non-hydrogen) atoms. The van der Waals surface area contributed by atoms with Gasteiger partial charge in [0.1, 0.15) is 0 Å². The van der Waals surface area contributed by atoms with Gasteiger partial charge in [0.15, 0.2) is 0 Å². The van der Waals surface area contributed by atoms with Gasteiger partial charge in [-0.15, -0.1) is 0 Å². The second-order valence-electron chi connectivity index (χ2n) is 5.74. The van der Waals surface area contributed by atoms with Crippen LogP contribution in [0.25, 0.3) is 0 Å². The molecule has 2 heteroatoms. The zero-order chi connectivity index (χ0) is 13.1. The monoisotopic (exact) mass is 255 g/mol. The molecule has 0 amide bonds. The zero-order valence-electron chi connectivity index (χ0n) is 12.5. The topological polar surface area (TPSA) is 21.3 Å². The third-order valence-corrected chi connectivity index (χ3v) is 4.06. The molecule has 1 fully saturated rings. The Kier molecular flexibility index (Phi) is 9.59. The van der Waals surface area contributed by atoms with Crippen molar-refractivity contribution in [2.75, 3.05) is 19.8 Å². The van der Waals surface area contributed by atoms with Gasteiger partial charge in [-0.2, -0.15) is 0 Å². The summed E-state index contributed by atoms with van der Waals surface area (Å²) >= 11 is 0. The fourth-order valence-corrected chi connectivity index (χ4v) is 2.87. The fourth-order valence-electron chi connectivity index (χ4n) is 2.87. The largest absolute Gasteiger partial charge is 0.381 e. The summed E-state index contributed by atoms with van der Waals surface area (Å²) < 4.78 is 5.65. The molecule has 108 valence electrons. The number of hydrogen-bond donors (Lipinski definition) is 1. The van der Waals surface area contributed by atoms with E-state index in [-0.39, 0.29) is 0 Å². The van der Waals surface area contributed by atoms with Gasteiger partial charge in [0.05, 0.1) is 6.61 Å². The number of unbranched alkanes of at least 4 members (excludes halogenated alkanes) is 5. The molecular weight excluding hydrogens is 222 g/mol. The average Bonchev–Trinajstić information content (AvgIpc) is 2.41. The van der Waals surface area contributed by atoms with Crippen LogP contribution in [-0.2, 0) is 4.74 Å². The van der Waals surface area contributed by atoms with Crippen molar-refractivity contribution in [3.8, 4) is 0 Å². The first-order valence-electron chi connectivity index (χ1n) is 8.19. The number of ether oxygens (including phenoxy) is 1. The molecule has 0 aromatic heterocycles. The maximum absolute atomic E-state index is 5.65. The number of nitrogens with one attached hydrogen (secondary N) is 1. The van der Waals surface area contributed by atoms with Crippen LogP contribution >= 0.6 is 0 Å². The molecule has 2 nitrogen and oxygen atoms in total. The molecule has 2 atom stereocenters. The van der Waals surface area contributed by atoms with Gasteiger partial charge in [-0.3, -0.25) is 0 Å². The van der Waals surface area contributed by atoms with E-state index in [0.717, 1.165) is 25.7 Å². The summed E-state index contributed by atoms with van der Waals surface area (Å²) in [6.45, 7) is 7.63. The first kappa shape index (κ1) is 16.0. The normalized spacial score (nSPS) is 24.3. The molecule has 0 aliphatic carbocycles. The van der Waals surface area contributed by atoms with Gasteiger partial charge in [0, 0.05) is 12.6 Å². The van der Waals surface area contributed by atoms with E-state index in [2.05, 4.69) is 19.2 Å². The maximum Gasteiger partial charge on any atom is 0.0509 e. The Morgan fingerprint density at radius 2 is 1.78 bits per heavy atom. The van der Waals surface area contributed by atoms with Crippen LogP contribution in [0.15, 0.2) is 0 Å². The second kappa shape index (κ2) is 10.8. The van der Waals surface area contributed by atoms with Crippen molar-refractivity contribution >= 4 is 0 Å². The maximum atomic E-state index is 5.65. The summed E-state index contributed by atoms with van der Waals surface area (Å²) in [7, 11) is 0. The summed E-state index contributed by atoms with van der Waals surface area (Å²) in [4.78, 5) is 0. The van der Waals surface area contributed by atoms with E-state index in [9.17, 15) is 0 Å². The summed E-state index contributed by atoms with van der Waals surface area (Å²) in [6.07, 6.45) is 12.2. The van der Waals surface area contributed by atoms with Crippen molar-refractivity contribution in [1.82, 2.24) is 5.32 Å². The van der Waals surface area contributed by atoms with Crippen molar-refractivity contribution in [1.29, 1.82) is 0 Å². The molecule has 0 spiro atoms. The Hall–Kier alpha value is -0.0800. The predicted molar refractivity (Wildman–Crippen MR) is 79.0 cm³/mol.